The number of benzene rings is 2. The number of hydrogen-bond acceptors (Lipinski definition) is 14. The van der Waals surface area contributed by atoms with Crippen LogP contribution in [0.5, 0.6) is 0 Å². The normalized spacial score (nSPS) is 17.8. The maximum atomic E-state index is 9.65. The maximum absolute atomic E-state index is 9.65. The Bertz CT molecular complexity index is 1780. The molecule has 14 nitrogen and oxygen atoms in total. The average molecular weight is 835 g/mol. The van der Waals surface area contributed by atoms with Crippen LogP contribution in [0, 0.1) is 0 Å². The number of aliphatic hydroxyl groups excluding tert-OH is 1. The maximum Gasteiger partial charge on any atom is 0.247 e. The molecule has 3 fully saturated rings. The molecule has 7 rings (SSSR count). The summed E-state index contributed by atoms with van der Waals surface area (Å²) in [5.41, 5.74) is 14.2. The van der Waals surface area contributed by atoms with Gasteiger partial charge in [0.05, 0.1) is 44.8 Å². The number of piperazine rings is 2. The predicted molar refractivity (Wildman–Crippen MR) is 210 cm³/mol. The standard InChI is InChI=1S/C16H19Cl3N6O.C13H14Cl2N6.C3H5ClO/c17-8-10(26)9-24-4-6-25(7-5-24)16-21-15(20)14(22-23-16)11-2-1-3-12(18)13(11)19;14-9-3-1-2-8(10(9)15)11-12(16)18-13(20-19-11)21-6-4-17-5-7-21;4-1-3-2-5-3/h1-3,10,26H,4-9H2,(H2,20,21,23);1-3,17H,4-7H2,(H2,16,18,20);3H,1-2H2/t10-;;3-/m1.1/s1. The van der Waals surface area contributed by atoms with Crippen molar-refractivity contribution in [2.75, 3.05) is 98.5 Å². The number of nitrogen functional groups attached to an aromatic ring is 2. The molecule has 3 saturated heterocycles. The van der Waals surface area contributed by atoms with Gasteiger partial charge < -0.3 is 36.4 Å². The lowest BCUT2D eigenvalue weighted by molar-refractivity contribution is 0.125. The van der Waals surface area contributed by atoms with E-state index < -0.39 is 6.10 Å². The summed E-state index contributed by atoms with van der Waals surface area (Å²) in [7, 11) is 0. The molecular weight excluding hydrogens is 797 g/mol. The van der Waals surface area contributed by atoms with Gasteiger partial charge in [-0.25, -0.2) is 0 Å². The van der Waals surface area contributed by atoms with E-state index >= 15 is 0 Å². The van der Waals surface area contributed by atoms with Crippen molar-refractivity contribution in [1.29, 1.82) is 0 Å². The summed E-state index contributed by atoms with van der Waals surface area (Å²) in [6.07, 6.45) is -0.116. The van der Waals surface area contributed by atoms with Crippen molar-refractivity contribution < 1.29 is 9.84 Å². The lowest BCUT2D eigenvalue weighted by Crippen LogP contribution is -2.49. The van der Waals surface area contributed by atoms with Crippen molar-refractivity contribution in [2.45, 2.75) is 12.2 Å². The first-order valence-electron chi connectivity index (χ1n) is 16.3. The van der Waals surface area contributed by atoms with Gasteiger partial charge in [0.1, 0.15) is 11.4 Å². The van der Waals surface area contributed by atoms with Crippen LogP contribution in [0.4, 0.5) is 23.5 Å². The molecule has 0 radical (unpaired) electrons. The second-order valence-electron chi connectivity index (χ2n) is 11.8. The molecule has 280 valence electrons. The van der Waals surface area contributed by atoms with Crippen molar-refractivity contribution in [3.8, 4) is 22.5 Å². The Kier molecular flexibility index (Phi) is 15.2. The number of hydrogen-bond donors (Lipinski definition) is 4. The third-order valence-corrected chi connectivity index (χ3v) is 10.4. The minimum Gasteiger partial charge on any atom is -0.391 e. The summed E-state index contributed by atoms with van der Waals surface area (Å²) in [5, 5.41) is 31.3. The summed E-state index contributed by atoms with van der Waals surface area (Å²) in [4.78, 5) is 14.9. The minimum absolute atomic E-state index is 0.233. The number of alkyl halides is 2. The van der Waals surface area contributed by atoms with Gasteiger partial charge in [0, 0.05) is 75.9 Å². The van der Waals surface area contributed by atoms with Gasteiger partial charge in [-0.1, -0.05) is 70.7 Å². The van der Waals surface area contributed by atoms with E-state index in [0.29, 0.717) is 91.9 Å². The number of halogens is 6. The van der Waals surface area contributed by atoms with Gasteiger partial charge in [-0.2, -0.15) is 9.97 Å². The third kappa shape index (κ3) is 10.9. The Morgan fingerprint density at radius 3 is 1.63 bits per heavy atom. The van der Waals surface area contributed by atoms with Gasteiger partial charge in [0.25, 0.3) is 0 Å². The molecule has 2 atom stereocenters. The van der Waals surface area contributed by atoms with Gasteiger partial charge in [-0.05, 0) is 12.1 Å². The fourth-order valence-corrected chi connectivity index (χ4v) is 6.24. The number of aliphatic hydroxyl groups is 1. The van der Waals surface area contributed by atoms with Crippen LogP contribution in [0.25, 0.3) is 22.5 Å². The topological polar surface area (TPSA) is 184 Å². The zero-order valence-electron chi connectivity index (χ0n) is 27.9. The van der Waals surface area contributed by atoms with E-state index in [2.05, 4.69) is 40.6 Å². The van der Waals surface area contributed by atoms with Gasteiger partial charge in [-0.3, -0.25) is 4.90 Å². The lowest BCUT2D eigenvalue weighted by Gasteiger charge is -2.35. The summed E-state index contributed by atoms with van der Waals surface area (Å²) < 4.78 is 4.73. The molecule has 2 aromatic carbocycles. The summed E-state index contributed by atoms with van der Waals surface area (Å²) >= 11 is 35.4. The second kappa shape index (κ2) is 19.5. The minimum atomic E-state index is -0.515. The van der Waals surface area contributed by atoms with Crippen molar-refractivity contribution in [1.82, 2.24) is 40.6 Å². The molecule has 5 heterocycles. The fraction of sp³-hybridized carbons (Fsp3) is 0.438. The van der Waals surface area contributed by atoms with Crippen LogP contribution < -0.4 is 26.6 Å². The highest BCUT2D eigenvalue weighted by Gasteiger charge is 2.23. The first-order chi connectivity index (χ1) is 25.1. The van der Waals surface area contributed by atoms with Crippen molar-refractivity contribution in [2.24, 2.45) is 0 Å². The average Bonchev–Trinajstić information content (AvgIpc) is 4.01. The molecule has 0 bridgehead atoms. The molecule has 4 aromatic rings. The first kappa shape index (κ1) is 40.4. The number of nitrogens with zero attached hydrogens (tertiary/aromatic N) is 9. The number of nitrogens with two attached hydrogens (primary N) is 2. The number of epoxide rings is 1. The molecule has 0 saturated carbocycles. The summed E-state index contributed by atoms with van der Waals surface area (Å²) in [6.45, 7) is 7.88. The molecular formula is C32H38Cl6N12O2. The van der Waals surface area contributed by atoms with Crippen molar-refractivity contribution >= 4 is 93.1 Å². The Morgan fingerprint density at radius 2 is 1.23 bits per heavy atom. The highest BCUT2D eigenvalue weighted by atomic mass is 35.5. The van der Waals surface area contributed by atoms with Gasteiger partial charge in [-0.15, -0.1) is 43.6 Å². The lowest BCUT2D eigenvalue weighted by atomic mass is 10.1. The van der Waals surface area contributed by atoms with E-state index in [1.807, 2.05) is 9.80 Å². The number of anilines is 4. The van der Waals surface area contributed by atoms with Gasteiger partial charge >= 0.3 is 0 Å². The Balaban J connectivity index is 0.000000180. The van der Waals surface area contributed by atoms with Crippen LogP contribution >= 0.6 is 69.6 Å². The molecule has 2 aromatic heterocycles. The molecule has 0 aliphatic carbocycles. The van der Waals surface area contributed by atoms with Crippen LogP contribution in [0.1, 0.15) is 0 Å². The molecule has 20 heteroatoms. The number of β-amino-alcohol motifs (C(OH)–C–C–N with tert-alkyl or cyclic N) is 1. The number of nitrogens with one attached hydrogen (secondary N) is 1. The highest BCUT2D eigenvalue weighted by Crippen LogP contribution is 2.35. The smallest absolute Gasteiger partial charge is 0.247 e. The third-order valence-electron chi connectivity index (χ3n) is 8.09. The van der Waals surface area contributed by atoms with Crippen LogP contribution in [-0.4, -0.2) is 130 Å². The van der Waals surface area contributed by atoms with Crippen molar-refractivity contribution in [3.63, 3.8) is 0 Å². The predicted octanol–water partition coefficient (Wildman–Crippen LogP) is 4.61. The number of rotatable bonds is 8. The Hall–Kier alpha value is -2.76. The SMILES string of the molecule is ClC[C@@H]1CO1.Nc1nc(N2CCN(C[C@H](O)CCl)CC2)nnc1-c1cccc(Cl)c1Cl.Nc1nc(N2CCNCC2)nnc1-c1cccc(Cl)c1Cl. The van der Waals surface area contributed by atoms with E-state index in [-0.39, 0.29) is 11.7 Å². The quantitative estimate of drug-likeness (QED) is 0.143. The summed E-state index contributed by atoms with van der Waals surface area (Å²) in [5.74, 6) is 2.46. The zero-order chi connectivity index (χ0) is 37.2. The van der Waals surface area contributed by atoms with Crippen LogP contribution in [-0.2, 0) is 4.74 Å². The molecule has 3 aliphatic rings. The Morgan fingerprint density at radius 1 is 0.750 bits per heavy atom. The highest BCUT2D eigenvalue weighted by molar-refractivity contribution is 6.44. The first-order valence-corrected chi connectivity index (χ1v) is 18.9. The van der Waals surface area contributed by atoms with E-state index in [0.717, 1.165) is 45.9 Å². The van der Waals surface area contributed by atoms with E-state index in [9.17, 15) is 5.11 Å². The molecule has 0 unspecified atom stereocenters. The molecule has 6 N–H and O–H groups in total. The largest absolute Gasteiger partial charge is 0.391 e. The summed E-state index contributed by atoms with van der Waals surface area (Å²) in [6, 6.07) is 10.5. The molecule has 52 heavy (non-hydrogen) atoms. The second-order valence-corrected chi connectivity index (χ2v) is 14.0. The van der Waals surface area contributed by atoms with Crippen molar-refractivity contribution in [3.05, 3.63) is 56.5 Å². The van der Waals surface area contributed by atoms with Gasteiger partial charge in [0.2, 0.25) is 11.9 Å². The van der Waals surface area contributed by atoms with Crippen LogP contribution in [0.3, 0.4) is 0 Å². The monoisotopic (exact) mass is 832 g/mol. The molecule has 3 aliphatic heterocycles. The zero-order valence-corrected chi connectivity index (χ0v) is 32.4. The van der Waals surface area contributed by atoms with E-state index in [1.165, 1.54) is 0 Å². The Labute approximate surface area is 331 Å². The van der Waals surface area contributed by atoms with E-state index in [1.54, 1.807) is 36.4 Å². The van der Waals surface area contributed by atoms with E-state index in [4.69, 9.17) is 85.8 Å². The molecule has 0 spiro atoms. The van der Waals surface area contributed by atoms with Crippen LogP contribution in [0.2, 0.25) is 20.1 Å². The number of aromatic nitrogens is 6. The fourth-order valence-electron chi connectivity index (χ4n) is 5.18. The van der Waals surface area contributed by atoms with Gasteiger partial charge in [0.15, 0.2) is 11.6 Å². The number of ether oxygens (including phenoxy) is 1. The molecule has 0 amide bonds. The van der Waals surface area contributed by atoms with Crippen LogP contribution in [0.15, 0.2) is 36.4 Å².